The van der Waals surface area contributed by atoms with Crippen LogP contribution in [0.4, 0.5) is 4.79 Å². The van der Waals surface area contributed by atoms with Crippen LogP contribution >= 0.6 is 0 Å². The fourth-order valence-corrected chi connectivity index (χ4v) is 1.80. The molecule has 1 saturated heterocycles. The minimum Gasteiger partial charge on any atom is -0.480 e. The van der Waals surface area contributed by atoms with Crippen LogP contribution in [-0.2, 0) is 9.53 Å². The maximum Gasteiger partial charge on any atom is 0.326 e. The largest absolute Gasteiger partial charge is 0.480 e. The van der Waals surface area contributed by atoms with Gasteiger partial charge in [0.05, 0.1) is 12.7 Å². The molecular formula is C10H18N2O5. The topological polar surface area (TPSA) is 90.3 Å². The highest BCUT2D eigenvalue weighted by Crippen LogP contribution is 2.19. The number of β-amino-alcohol motifs (C(OH)–C–C–N with tert-alkyl or cyclic N) is 1. The summed E-state index contributed by atoms with van der Waals surface area (Å²) in [4.78, 5) is 25.5. The SMILES string of the molecule is COCCN(C)C(=O)N1CC(O)C[C@H]1C(=O)O. The molecule has 0 bridgehead atoms. The fraction of sp³-hybridized carbons (Fsp3) is 0.800. The monoisotopic (exact) mass is 246 g/mol. The van der Waals surface area contributed by atoms with Crippen molar-refractivity contribution in [2.75, 3.05) is 33.9 Å². The van der Waals surface area contributed by atoms with Gasteiger partial charge in [-0.05, 0) is 0 Å². The molecule has 1 heterocycles. The van der Waals surface area contributed by atoms with E-state index in [1.807, 2.05) is 0 Å². The zero-order chi connectivity index (χ0) is 13.0. The number of carbonyl (C=O) groups excluding carboxylic acids is 1. The van der Waals surface area contributed by atoms with Crippen LogP contribution in [0, 0.1) is 0 Å². The number of urea groups is 1. The van der Waals surface area contributed by atoms with Crippen LogP contribution in [0.15, 0.2) is 0 Å². The third-order valence-corrected chi connectivity index (χ3v) is 2.77. The van der Waals surface area contributed by atoms with Crippen LogP contribution < -0.4 is 0 Å². The number of likely N-dealkylation sites (N-methyl/N-ethyl adjacent to an activating group) is 1. The quantitative estimate of drug-likeness (QED) is 0.678. The van der Waals surface area contributed by atoms with E-state index in [1.54, 1.807) is 7.05 Å². The van der Waals surface area contributed by atoms with Gasteiger partial charge in [-0.25, -0.2) is 9.59 Å². The van der Waals surface area contributed by atoms with E-state index in [-0.39, 0.29) is 13.0 Å². The van der Waals surface area contributed by atoms with Crippen molar-refractivity contribution in [1.29, 1.82) is 0 Å². The maximum absolute atomic E-state index is 11.9. The third-order valence-electron chi connectivity index (χ3n) is 2.77. The average Bonchev–Trinajstić information content (AvgIpc) is 2.67. The standard InChI is InChI=1S/C10H18N2O5/c1-11(3-4-17-2)10(16)12-6-7(13)5-8(12)9(14)15/h7-8,13H,3-6H2,1-2H3,(H,14,15)/t7?,8-/m0/s1. The number of carboxylic acids is 1. The first-order chi connectivity index (χ1) is 7.97. The van der Waals surface area contributed by atoms with Crippen molar-refractivity contribution in [3.8, 4) is 0 Å². The summed E-state index contributed by atoms with van der Waals surface area (Å²) >= 11 is 0. The molecule has 0 radical (unpaired) electrons. The molecule has 2 N–H and O–H groups in total. The number of methoxy groups -OCH3 is 1. The Morgan fingerprint density at radius 1 is 1.53 bits per heavy atom. The van der Waals surface area contributed by atoms with Crippen molar-refractivity contribution in [3.63, 3.8) is 0 Å². The zero-order valence-electron chi connectivity index (χ0n) is 10.00. The molecule has 7 heteroatoms. The van der Waals surface area contributed by atoms with Crippen molar-refractivity contribution in [3.05, 3.63) is 0 Å². The lowest BCUT2D eigenvalue weighted by molar-refractivity contribution is -0.141. The van der Waals surface area contributed by atoms with Gasteiger partial charge in [-0.1, -0.05) is 0 Å². The van der Waals surface area contributed by atoms with Gasteiger partial charge in [0.2, 0.25) is 0 Å². The smallest absolute Gasteiger partial charge is 0.326 e. The number of carboxylic acid groups (broad SMARTS) is 1. The number of carbonyl (C=O) groups is 2. The van der Waals surface area contributed by atoms with Crippen molar-refractivity contribution < 1.29 is 24.5 Å². The maximum atomic E-state index is 11.9. The Morgan fingerprint density at radius 3 is 2.71 bits per heavy atom. The molecular weight excluding hydrogens is 228 g/mol. The van der Waals surface area contributed by atoms with Crippen LogP contribution in [0.2, 0.25) is 0 Å². The summed E-state index contributed by atoms with van der Waals surface area (Å²) in [5.41, 5.74) is 0. The summed E-state index contributed by atoms with van der Waals surface area (Å²) in [7, 11) is 3.10. The molecule has 0 aliphatic carbocycles. The number of hydrogen-bond donors (Lipinski definition) is 2. The highest BCUT2D eigenvalue weighted by atomic mass is 16.5. The molecule has 0 spiro atoms. The molecule has 1 rings (SSSR count). The van der Waals surface area contributed by atoms with Crippen LogP contribution in [0.5, 0.6) is 0 Å². The number of nitrogens with zero attached hydrogens (tertiary/aromatic N) is 2. The number of amides is 2. The summed E-state index contributed by atoms with van der Waals surface area (Å²) in [6.45, 7) is 0.831. The highest BCUT2D eigenvalue weighted by Gasteiger charge is 2.39. The average molecular weight is 246 g/mol. The fourth-order valence-electron chi connectivity index (χ4n) is 1.80. The number of likely N-dealkylation sites (tertiary alicyclic amines) is 1. The zero-order valence-corrected chi connectivity index (χ0v) is 10.00. The Hall–Kier alpha value is -1.34. The summed E-state index contributed by atoms with van der Waals surface area (Å²) in [5.74, 6) is -1.09. The molecule has 1 unspecified atom stereocenters. The van der Waals surface area contributed by atoms with E-state index in [4.69, 9.17) is 9.84 Å². The van der Waals surface area contributed by atoms with Crippen LogP contribution in [0.1, 0.15) is 6.42 Å². The molecule has 2 amide bonds. The van der Waals surface area contributed by atoms with Gasteiger partial charge in [0.25, 0.3) is 0 Å². The van der Waals surface area contributed by atoms with Crippen molar-refractivity contribution in [2.24, 2.45) is 0 Å². The Kier molecular flexibility index (Phi) is 4.71. The van der Waals surface area contributed by atoms with Crippen LogP contribution in [0.25, 0.3) is 0 Å². The van der Waals surface area contributed by atoms with E-state index in [1.165, 1.54) is 16.9 Å². The second-order valence-electron chi connectivity index (χ2n) is 4.09. The predicted molar refractivity (Wildman–Crippen MR) is 58.7 cm³/mol. The number of aliphatic hydroxyl groups excluding tert-OH is 1. The second-order valence-corrected chi connectivity index (χ2v) is 4.09. The van der Waals surface area contributed by atoms with Gasteiger partial charge in [-0.3, -0.25) is 0 Å². The summed E-state index contributed by atoms with van der Waals surface area (Å²) in [5, 5.41) is 18.4. The second kappa shape index (κ2) is 5.83. The molecule has 1 aliphatic rings. The normalized spacial score (nSPS) is 23.8. The van der Waals surface area contributed by atoms with Crippen LogP contribution in [0.3, 0.4) is 0 Å². The van der Waals surface area contributed by atoms with Gasteiger partial charge in [-0.15, -0.1) is 0 Å². The number of aliphatic hydroxyl groups is 1. The van der Waals surface area contributed by atoms with Gasteiger partial charge in [-0.2, -0.15) is 0 Å². The lowest BCUT2D eigenvalue weighted by Crippen LogP contribution is -2.47. The Morgan fingerprint density at radius 2 is 2.18 bits per heavy atom. The molecule has 0 saturated carbocycles. The number of ether oxygens (including phenoxy) is 1. The first-order valence-corrected chi connectivity index (χ1v) is 5.39. The number of aliphatic carboxylic acids is 1. The van der Waals surface area contributed by atoms with Crippen LogP contribution in [-0.4, -0.2) is 78.0 Å². The molecule has 0 aromatic carbocycles. The lowest BCUT2D eigenvalue weighted by atomic mass is 10.2. The van der Waals surface area contributed by atoms with Crippen molar-refractivity contribution in [2.45, 2.75) is 18.6 Å². The summed E-state index contributed by atoms with van der Waals surface area (Å²) < 4.78 is 4.84. The van der Waals surface area contributed by atoms with Gasteiger partial charge in [0.15, 0.2) is 0 Å². The number of hydrogen-bond acceptors (Lipinski definition) is 4. The molecule has 98 valence electrons. The molecule has 0 aromatic rings. The highest BCUT2D eigenvalue weighted by molar-refractivity contribution is 5.83. The molecule has 0 aromatic heterocycles. The Labute approximate surface area is 99.6 Å². The van der Waals surface area contributed by atoms with Gasteiger partial charge in [0, 0.05) is 33.7 Å². The van der Waals surface area contributed by atoms with E-state index in [0.717, 1.165) is 0 Å². The summed E-state index contributed by atoms with van der Waals surface area (Å²) in [6.07, 6.45) is -0.685. The van der Waals surface area contributed by atoms with Gasteiger partial charge >= 0.3 is 12.0 Å². The first-order valence-electron chi connectivity index (χ1n) is 5.39. The Balaban J connectivity index is 2.63. The van der Waals surface area contributed by atoms with Gasteiger partial charge in [0.1, 0.15) is 6.04 Å². The Bertz CT molecular complexity index is 296. The van der Waals surface area contributed by atoms with E-state index in [9.17, 15) is 14.7 Å². The van der Waals surface area contributed by atoms with Crippen molar-refractivity contribution in [1.82, 2.24) is 9.80 Å². The lowest BCUT2D eigenvalue weighted by Gasteiger charge is -2.27. The number of rotatable bonds is 4. The van der Waals surface area contributed by atoms with E-state index in [2.05, 4.69) is 0 Å². The van der Waals surface area contributed by atoms with E-state index < -0.39 is 24.1 Å². The minimum absolute atomic E-state index is 0.0626. The predicted octanol–water partition coefficient (Wildman–Crippen LogP) is -0.796. The molecule has 1 aliphatic heterocycles. The minimum atomic E-state index is -1.09. The van der Waals surface area contributed by atoms with Gasteiger partial charge < -0.3 is 24.7 Å². The van der Waals surface area contributed by atoms with Crippen molar-refractivity contribution >= 4 is 12.0 Å². The molecule has 2 atom stereocenters. The van der Waals surface area contributed by atoms with E-state index in [0.29, 0.717) is 13.2 Å². The molecule has 1 fully saturated rings. The first kappa shape index (κ1) is 13.7. The molecule has 7 nitrogen and oxygen atoms in total. The summed E-state index contributed by atoms with van der Waals surface area (Å²) in [6, 6.07) is -1.34. The van der Waals surface area contributed by atoms with E-state index >= 15 is 0 Å². The third kappa shape index (κ3) is 3.31. The molecule has 17 heavy (non-hydrogen) atoms.